The lowest BCUT2D eigenvalue weighted by Crippen LogP contribution is -2.26. The molecule has 1 atom stereocenters. The zero-order valence-corrected chi connectivity index (χ0v) is 8.34. The Labute approximate surface area is 86.3 Å². The summed E-state index contributed by atoms with van der Waals surface area (Å²) in [5.74, 6) is 0.602. The quantitative estimate of drug-likeness (QED) is 0.688. The van der Waals surface area contributed by atoms with Gasteiger partial charge in [0.15, 0.2) is 0 Å². The van der Waals surface area contributed by atoms with Gasteiger partial charge in [-0.1, -0.05) is 17.7 Å². The van der Waals surface area contributed by atoms with E-state index in [1.165, 1.54) is 0 Å². The summed E-state index contributed by atoms with van der Waals surface area (Å²) in [5, 5.41) is 0. The van der Waals surface area contributed by atoms with Gasteiger partial charge in [0.2, 0.25) is 0 Å². The van der Waals surface area contributed by atoms with Crippen LogP contribution in [0.5, 0.6) is 5.75 Å². The molecule has 0 N–H and O–H groups in total. The molecule has 0 fully saturated rings. The Bertz CT molecular complexity index is 375. The number of fused-ring (bicyclic) bond motifs is 1. The van der Waals surface area contributed by atoms with Crippen LogP contribution in [0.3, 0.4) is 0 Å². The molecule has 0 bridgehead atoms. The molecule has 1 aromatic rings. The summed E-state index contributed by atoms with van der Waals surface area (Å²) in [7, 11) is 0. The van der Waals surface area contributed by atoms with Crippen LogP contribution in [0.1, 0.15) is 11.1 Å². The van der Waals surface area contributed by atoms with E-state index in [1.54, 1.807) is 6.07 Å². The third-order valence-corrected chi connectivity index (χ3v) is 2.49. The van der Waals surface area contributed by atoms with Gasteiger partial charge in [0.25, 0.3) is 0 Å². The average Bonchev–Trinajstić information content (AvgIpc) is 2.42. The molecule has 0 spiro atoms. The maximum absolute atomic E-state index is 12.2. The number of hydrogen-bond acceptors (Lipinski definition) is 1. The summed E-state index contributed by atoms with van der Waals surface area (Å²) in [5.41, 5.74) is 1.94. The molecule has 1 aromatic carbocycles. The largest absolute Gasteiger partial charge is 0.493 e. The van der Waals surface area contributed by atoms with E-state index >= 15 is 0 Å². The normalized spacial score (nSPS) is 19.9. The van der Waals surface area contributed by atoms with Crippen molar-refractivity contribution in [1.82, 2.24) is 0 Å². The van der Waals surface area contributed by atoms with E-state index in [9.17, 15) is 12.9 Å². The van der Waals surface area contributed by atoms with Gasteiger partial charge in [-0.3, -0.25) is 0 Å². The van der Waals surface area contributed by atoms with Gasteiger partial charge in [0, 0.05) is 6.42 Å². The lowest BCUT2D eigenvalue weighted by molar-refractivity contribution is 0.239. The van der Waals surface area contributed by atoms with Crippen LogP contribution in [0, 0.1) is 6.92 Å². The molecule has 0 saturated carbocycles. The zero-order valence-electron chi connectivity index (χ0n) is 8.34. The van der Waals surface area contributed by atoms with Gasteiger partial charge in [-0.15, -0.1) is 0 Å². The molecule has 0 radical (unpaired) electrons. The second-order valence-corrected chi connectivity index (χ2v) is 4.00. The first-order chi connectivity index (χ1) is 6.94. The third-order valence-electron chi connectivity index (χ3n) is 2.49. The Hall–Kier alpha value is -1.13. The highest BCUT2D eigenvalue weighted by molar-refractivity contribution is 6.58. The number of benzene rings is 1. The van der Waals surface area contributed by atoms with E-state index in [4.69, 9.17) is 4.74 Å². The monoisotopic (exact) mass is 215 g/mol. The molecule has 1 heterocycles. The van der Waals surface area contributed by atoms with E-state index in [0.29, 0.717) is 12.2 Å². The fourth-order valence-electron chi connectivity index (χ4n) is 1.88. The average molecular weight is 215 g/mol. The number of aryl methyl sites for hydroxylation is 1. The minimum Gasteiger partial charge on any atom is -0.493 e. The highest BCUT2D eigenvalue weighted by Gasteiger charge is 2.32. The predicted molar refractivity (Wildman–Crippen MR) is 53.2 cm³/mol. The Morgan fingerprint density at radius 3 is 2.80 bits per heavy atom. The van der Waals surface area contributed by atoms with Gasteiger partial charge in [-0.05, 0) is 24.9 Å². The Morgan fingerprint density at radius 2 is 2.13 bits per heavy atom. The second-order valence-electron chi connectivity index (χ2n) is 4.00. The van der Waals surface area contributed by atoms with Crippen molar-refractivity contribution in [3.63, 3.8) is 0 Å². The summed E-state index contributed by atoms with van der Waals surface area (Å²) >= 11 is 0. The molecule has 1 aliphatic heterocycles. The molecule has 0 amide bonds. The second kappa shape index (κ2) is 3.47. The molecular formula is C10H11BF3O-. The Morgan fingerprint density at radius 1 is 1.40 bits per heavy atom. The van der Waals surface area contributed by atoms with Gasteiger partial charge in [-0.25, -0.2) is 0 Å². The van der Waals surface area contributed by atoms with E-state index in [-0.39, 0.29) is 0 Å². The van der Waals surface area contributed by atoms with Crippen molar-refractivity contribution < 1.29 is 17.7 Å². The van der Waals surface area contributed by atoms with Crippen LogP contribution in [0.25, 0.3) is 0 Å². The number of halogens is 3. The van der Waals surface area contributed by atoms with Gasteiger partial charge < -0.3 is 17.7 Å². The van der Waals surface area contributed by atoms with Crippen molar-refractivity contribution in [2.24, 2.45) is 0 Å². The molecule has 2 rings (SSSR count). The van der Waals surface area contributed by atoms with Crippen molar-refractivity contribution in [1.29, 1.82) is 0 Å². The lowest BCUT2D eigenvalue weighted by Gasteiger charge is -2.18. The predicted octanol–water partition coefficient (Wildman–Crippen LogP) is 3.15. The summed E-state index contributed by atoms with van der Waals surface area (Å²) in [6.45, 7) is -2.84. The maximum Gasteiger partial charge on any atom is 0.481 e. The van der Waals surface area contributed by atoms with Crippen LogP contribution >= 0.6 is 0 Å². The fraction of sp³-hybridized carbons (Fsp3) is 0.400. The highest BCUT2D eigenvalue weighted by atomic mass is 19.4. The molecule has 1 aliphatic rings. The Kier molecular flexibility index (Phi) is 2.40. The number of ether oxygens (including phenoxy) is 1. The van der Waals surface area contributed by atoms with E-state index in [2.05, 4.69) is 0 Å². The number of rotatable bonds is 2. The first-order valence-electron chi connectivity index (χ1n) is 4.91. The highest BCUT2D eigenvalue weighted by Crippen LogP contribution is 2.33. The van der Waals surface area contributed by atoms with Gasteiger partial charge in [0.05, 0.1) is 6.10 Å². The summed E-state index contributed by atoms with van der Waals surface area (Å²) in [4.78, 5) is 0. The Balaban J connectivity index is 2.09. The standard InChI is InChI=1S/C10H11BF3O/c1-7-2-3-10-8(4-7)5-9(15-10)6-11(12,13)14/h2-4,9H,5-6H2,1H3/q-1. The van der Waals surface area contributed by atoms with Crippen molar-refractivity contribution in [3.05, 3.63) is 29.3 Å². The van der Waals surface area contributed by atoms with Crippen molar-refractivity contribution in [2.75, 3.05) is 0 Å². The van der Waals surface area contributed by atoms with Crippen LogP contribution in [0.2, 0.25) is 6.32 Å². The molecular weight excluding hydrogens is 204 g/mol. The van der Waals surface area contributed by atoms with Crippen molar-refractivity contribution in [3.8, 4) is 5.75 Å². The smallest absolute Gasteiger partial charge is 0.481 e. The maximum atomic E-state index is 12.2. The molecule has 0 aromatic heterocycles. The first kappa shape index (κ1) is 10.4. The fourth-order valence-corrected chi connectivity index (χ4v) is 1.88. The van der Waals surface area contributed by atoms with E-state index in [1.807, 2.05) is 19.1 Å². The molecule has 0 aliphatic carbocycles. The van der Waals surface area contributed by atoms with Gasteiger partial charge in [0.1, 0.15) is 5.75 Å². The van der Waals surface area contributed by atoms with E-state index in [0.717, 1.165) is 11.1 Å². The minimum atomic E-state index is -4.76. The molecule has 5 heteroatoms. The van der Waals surface area contributed by atoms with Crippen LogP contribution < -0.4 is 4.74 Å². The summed E-state index contributed by atoms with van der Waals surface area (Å²) < 4.78 is 41.8. The van der Waals surface area contributed by atoms with Crippen LogP contribution in [-0.4, -0.2) is 13.1 Å². The van der Waals surface area contributed by atoms with Crippen molar-refractivity contribution >= 4 is 6.98 Å². The summed E-state index contributed by atoms with van der Waals surface area (Å²) in [6.07, 6.45) is -1.16. The van der Waals surface area contributed by atoms with Gasteiger partial charge >= 0.3 is 6.98 Å². The number of hydrogen-bond donors (Lipinski definition) is 0. The van der Waals surface area contributed by atoms with Crippen LogP contribution in [-0.2, 0) is 6.42 Å². The molecule has 1 unspecified atom stereocenters. The van der Waals surface area contributed by atoms with Crippen molar-refractivity contribution in [2.45, 2.75) is 25.8 Å². The van der Waals surface area contributed by atoms with Gasteiger partial charge in [-0.2, -0.15) is 0 Å². The SMILES string of the molecule is Cc1ccc2c(c1)CC(C[B-](F)(F)F)O2. The molecule has 0 saturated heterocycles. The van der Waals surface area contributed by atoms with E-state index < -0.39 is 19.4 Å². The zero-order chi connectivity index (χ0) is 11.1. The summed E-state index contributed by atoms with van der Waals surface area (Å²) in [6, 6.07) is 5.48. The van der Waals surface area contributed by atoms with Crippen LogP contribution in [0.4, 0.5) is 12.9 Å². The molecule has 82 valence electrons. The van der Waals surface area contributed by atoms with Crippen LogP contribution in [0.15, 0.2) is 18.2 Å². The first-order valence-corrected chi connectivity index (χ1v) is 4.91. The molecule has 15 heavy (non-hydrogen) atoms. The molecule has 1 nitrogen and oxygen atoms in total. The topological polar surface area (TPSA) is 9.23 Å². The lowest BCUT2D eigenvalue weighted by atomic mass is 9.81. The minimum absolute atomic E-state index is 0.373. The third kappa shape index (κ3) is 2.46.